The highest BCUT2D eigenvalue weighted by Crippen LogP contribution is 2.43. The predicted molar refractivity (Wildman–Crippen MR) is 146 cm³/mol. The van der Waals surface area contributed by atoms with Crippen LogP contribution >= 0.6 is 11.8 Å². The first-order chi connectivity index (χ1) is 20.1. The van der Waals surface area contributed by atoms with Crippen LogP contribution in [0.25, 0.3) is 0 Å². The van der Waals surface area contributed by atoms with Gasteiger partial charge in [-0.05, 0) is 36.1 Å². The number of anilines is 1. The van der Waals surface area contributed by atoms with Crippen LogP contribution in [0.2, 0.25) is 0 Å². The summed E-state index contributed by atoms with van der Waals surface area (Å²) in [4.78, 5) is 29.3. The van der Waals surface area contributed by atoms with E-state index in [-0.39, 0.29) is 37.7 Å². The molecule has 224 valence electrons. The lowest BCUT2D eigenvalue weighted by Gasteiger charge is -2.41. The number of halogens is 3. The molecule has 0 spiro atoms. The summed E-state index contributed by atoms with van der Waals surface area (Å²) in [6.45, 7) is 1.86. The van der Waals surface area contributed by atoms with Crippen molar-refractivity contribution < 1.29 is 37.3 Å². The van der Waals surface area contributed by atoms with E-state index in [1.54, 1.807) is 24.3 Å². The number of aromatic amines is 1. The van der Waals surface area contributed by atoms with Gasteiger partial charge in [-0.3, -0.25) is 14.7 Å². The highest BCUT2D eigenvalue weighted by Gasteiger charge is 2.47. The average molecular weight is 606 g/mol. The van der Waals surface area contributed by atoms with Crippen molar-refractivity contribution in [3.63, 3.8) is 0 Å². The van der Waals surface area contributed by atoms with E-state index in [0.29, 0.717) is 33.5 Å². The third-order valence-corrected chi connectivity index (χ3v) is 8.38. The zero-order valence-electron chi connectivity index (χ0n) is 22.6. The number of benzene rings is 2. The normalized spacial score (nSPS) is 24.5. The average Bonchev–Trinajstić information content (AvgIpc) is 3.69. The minimum absolute atomic E-state index is 0.0380. The Morgan fingerprint density at radius 3 is 2.48 bits per heavy atom. The fourth-order valence-electron chi connectivity index (χ4n) is 5.13. The standard InChI is InChI=1S/C28H30F3N5O5S/c1-16-22(14-42-27-32-15-33-35-27)40-25(41-23(16)18-6-4-17(13-37)5-7-18)19-8-10-20(11-9-19)34-24(38)21-3-2-12-36(21)26(39)28(29,30)31/h4-11,15-16,21-23,25,37H,2-3,12-14H2,1H3,(H,34,38)(H,32,33,35)/t16-,21-,22+,23+,25+/m0/s1. The van der Waals surface area contributed by atoms with Crippen molar-refractivity contribution in [2.45, 2.75) is 62.2 Å². The molecule has 0 unspecified atom stereocenters. The molecule has 42 heavy (non-hydrogen) atoms. The smallest absolute Gasteiger partial charge is 0.392 e. The van der Waals surface area contributed by atoms with Crippen LogP contribution in [0.3, 0.4) is 0 Å². The van der Waals surface area contributed by atoms with Crippen molar-refractivity contribution in [1.29, 1.82) is 0 Å². The van der Waals surface area contributed by atoms with Gasteiger partial charge in [0.25, 0.3) is 0 Å². The highest BCUT2D eigenvalue weighted by atomic mass is 32.2. The summed E-state index contributed by atoms with van der Waals surface area (Å²) in [5.74, 6) is -2.14. The number of nitrogens with one attached hydrogen (secondary N) is 2. The van der Waals surface area contributed by atoms with E-state index >= 15 is 0 Å². The molecule has 2 saturated heterocycles. The number of carbonyl (C=O) groups is 2. The lowest BCUT2D eigenvalue weighted by molar-refractivity contribution is -0.268. The van der Waals surface area contributed by atoms with Crippen LogP contribution < -0.4 is 5.32 Å². The Morgan fingerprint density at radius 1 is 1.12 bits per heavy atom. The van der Waals surface area contributed by atoms with Crippen LogP contribution in [0.15, 0.2) is 60.0 Å². The van der Waals surface area contributed by atoms with Gasteiger partial charge < -0.3 is 24.8 Å². The topological polar surface area (TPSA) is 130 Å². The van der Waals surface area contributed by atoms with Crippen molar-refractivity contribution in [3.05, 3.63) is 71.5 Å². The summed E-state index contributed by atoms with van der Waals surface area (Å²) in [5, 5.41) is 19.4. The first-order valence-electron chi connectivity index (χ1n) is 13.4. The third kappa shape index (κ3) is 6.77. The van der Waals surface area contributed by atoms with Crippen LogP contribution in [-0.4, -0.2) is 67.6 Å². The zero-order chi connectivity index (χ0) is 29.9. The molecular weight excluding hydrogens is 575 g/mol. The van der Waals surface area contributed by atoms with Crippen LogP contribution in [0.1, 0.15) is 48.8 Å². The second-order valence-corrected chi connectivity index (χ2v) is 11.2. The minimum Gasteiger partial charge on any atom is -0.392 e. The van der Waals surface area contributed by atoms with Crippen LogP contribution in [0.4, 0.5) is 18.9 Å². The number of alkyl halides is 3. The molecule has 10 nitrogen and oxygen atoms in total. The van der Waals surface area contributed by atoms with Gasteiger partial charge in [0.1, 0.15) is 12.4 Å². The molecule has 14 heteroatoms. The van der Waals surface area contributed by atoms with Gasteiger partial charge in [-0.15, -0.1) is 0 Å². The summed E-state index contributed by atoms with van der Waals surface area (Å²) < 4.78 is 51.7. The summed E-state index contributed by atoms with van der Waals surface area (Å²) in [6.07, 6.45) is -4.44. The maximum absolute atomic E-state index is 13.0. The molecule has 0 bridgehead atoms. The van der Waals surface area contributed by atoms with Gasteiger partial charge in [-0.1, -0.05) is 55.1 Å². The molecular formula is C28H30F3N5O5S. The highest BCUT2D eigenvalue weighted by molar-refractivity contribution is 7.99. The Kier molecular flexibility index (Phi) is 9.16. The Morgan fingerprint density at radius 2 is 1.83 bits per heavy atom. The second-order valence-electron chi connectivity index (χ2n) is 10.2. The van der Waals surface area contributed by atoms with E-state index in [1.165, 1.54) is 18.1 Å². The molecule has 3 heterocycles. The molecule has 2 amide bonds. The number of likely N-dealkylation sites (tertiary alicyclic amines) is 1. The Labute approximate surface area is 244 Å². The number of carbonyl (C=O) groups excluding carboxylic acids is 2. The van der Waals surface area contributed by atoms with Gasteiger partial charge in [0, 0.05) is 29.5 Å². The number of ether oxygens (including phenoxy) is 2. The molecule has 2 aliphatic heterocycles. The maximum Gasteiger partial charge on any atom is 0.471 e. The lowest BCUT2D eigenvalue weighted by Crippen LogP contribution is -2.48. The van der Waals surface area contributed by atoms with Gasteiger partial charge in [0.05, 0.1) is 18.8 Å². The molecule has 5 rings (SSSR count). The number of thioether (sulfide) groups is 1. The van der Waals surface area contributed by atoms with Crippen LogP contribution in [0.5, 0.6) is 0 Å². The van der Waals surface area contributed by atoms with E-state index in [4.69, 9.17) is 9.47 Å². The first-order valence-corrected chi connectivity index (χ1v) is 14.4. The Hall–Kier alpha value is -3.46. The fraction of sp³-hybridized carbons (Fsp3) is 0.429. The molecule has 1 aromatic heterocycles. The summed E-state index contributed by atoms with van der Waals surface area (Å²) in [7, 11) is 0. The molecule has 3 N–H and O–H groups in total. The van der Waals surface area contributed by atoms with E-state index < -0.39 is 30.3 Å². The van der Waals surface area contributed by atoms with Gasteiger partial charge in [0.2, 0.25) is 5.91 Å². The number of amides is 2. The van der Waals surface area contributed by atoms with E-state index in [0.717, 1.165) is 11.1 Å². The largest absolute Gasteiger partial charge is 0.471 e. The molecule has 2 aliphatic rings. The number of rotatable bonds is 8. The van der Waals surface area contributed by atoms with Crippen molar-refractivity contribution in [2.75, 3.05) is 17.6 Å². The van der Waals surface area contributed by atoms with E-state index in [2.05, 4.69) is 20.5 Å². The number of nitrogens with zero attached hydrogens (tertiary/aromatic N) is 3. The molecule has 2 aromatic carbocycles. The predicted octanol–water partition coefficient (Wildman–Crippen LogP) is 4.37. The number of aliphatic hydroxyl groups excluding tert-OH is 1. The van der Waals surface area contributed by atoms with Gasteiger partial charge >= 0.3 is 12.1 Å². The Balaban J connectivity index is 1.30. The molecule has 0 radical (unpaired) electrons. The molecule has 3 aromatic rings. The molecule has 5 atom stereocenters. The van der Waals surface area contributed by atoms with Crippen molar-refractivity contribution in [3.8, 4) is 0 Å². The third-order valence-electron chi connectivity index (χ3n) is 7.41. The number of aliphatic hydroxyl groups is 1. The van der Waals surface area contributed by atoms with Gasteiger partial charge in [-0.25, -0.2) is 4.98 Å². The van der Waals surface area contributed by atoms with Gasteiger partial charge in [0.15, 0.2) is 11.4 Å². The number of aromatic nitrogens is 3. The lowest BCUT2D eigenvalue weighted by atomic mass is 9.91. The first kappa shape index (κ1) is 30.0. The SMILES string of the molecule is C[C@H]1[C@@H](CSc2ncn[nH]2)O[C@@H](c2ccc(NC(=O)[C@@H]3CCCN3C(=O)C(F)(F)F)cc2)O[C@H]1c1ccc(CO)cc1. The van der Waals surface area contributed by atoms with Crippen molar-refractivity contribution >= 4 is 29.3 Å². The number of hydrogen-bond donors (Lipinski definition) is 3. The summed E-state index contributed by atoms with van der Waals surface area (Å²) in [5.41, 5.74) is 2.77. The monoisotopic (exact) mass is 605 g/mol. The van der Waals surface area contributed by atoms with Gasteiger partial charge in [-0.2, -0.15) is 18.3 Å². The number of H-pyrrole nitrogens is 1. The van der Waals surface area contributed by atoms with Crippen LogP contribution in [0, 0.1) is 5.92 Å². The molecule has 2 fully saturated rings. The quantitative estimate of drug-likeness (QED) is 0.323. The summed E-state index contributed by atoms with van der Waals surface area (Å²) >= 11 is 1.47. The van der Waals surface area contributed by atoms with Crippen molar-refractivity contribution in [1.82, 2.24) is 20.1 Å². The van der Waals surface area contributed by atoms with E-state index in [1.807, 2.05) is 31.2 Å². The minimum atomic E-state index is -5.04. The number of hydrogen-bond acceptors (Lipinski definition) is 8. The van der Waals surface area contributed by atoms with E-state index in [9.17, 15) is 27.9 Å². The maximum atomic E-state index is 13.0. The van der Waals surface area contributed by atoms with Crippen LogP contribution in [-0.2, 0) is 25.7 Å². The second kappa shape index (κ2) is 12.8. The zero-order valence-corrected chi connectivity index (χ0v) is 23.4. The summed E-state index contributed by atoms with van der Waals surface area (Å²) in [6, 6.07) is 13.0. The molecule has 0 saturated carbocycles. The van der Waals surface area contributed by atoms with Crippen molar-refractivity contribution in [2.24, 2.45) is 5.92 Å². The molecule has 0 aliphatic carbocycles. The fourth-order valence-corrected chi connectivity index (χ4v) is 6.07. The Bertz CT molecular complexity index is 1360.